The van der Waals surface area contributed by atoms with E-state index in [-0.39, 0.29) is 5.75 Å². The third-order valence-electron chi connectivity index (χ3n) is 2.35. The number of phenolic OH excluding ortho intramolecular Hbond substituents is 1. The molecule has 0 amide bonds. The van der Waals surface area contributed by atoms with E-state index in [1.807, 2.05) is 30.3 Å². The monoisotopic (exact) mass is 260 g/mol. The van der Waals surface area contributed by atoms with E-state index in [9.17, 15) is 9.90 Å². The molecule has 0 aliphatic carbocycles. The molecule has 0 saturated heterocycles. The van der Waals surface area contributed by atoms with Crippen molar-refractivity contribution < 1.29 is 14.6 Å². The van der Waals surface area contributed by atoms with Crippen LogP contribution in [0.2, 0.25) is 0 Å². The van der Waals surface area contributed by atoms with E-state index in [2.05, 4.69) is 4.74 Å². The molecule has 2 rings (SSSR count). The van der Waals surface area contributed by atoms with Crippen molar-refractivity contribution in [3.63, 3.8) is 0 Å². The first-order chi connectivity index (χ1) is 8.70. The predicted octanol–water partition coefficient (Wildman–Crippen LogP) is 3.33. The molecule has 3 nitrogen and oxygen atoms in total. The van der Waals surface area contributed by atoms with Gasteiger partial charge in [-0.15, -0.1) is 0 Å². The SMILES string of the molecule is COC(=O)c1ccc(Sc2ccccc2)c(O)c1. The Morgan fingerprint density at radius 3 is 2.50 bits per heavy atom. The van der Waals surface area contributed by atoms with Crippen LogP contribution in [0.4, 0.5) is 0 Å². The molecule has 0 unspecified atom stereocenters. The molecule has 2 aromatic rings. The summed E-state index contributed by atoms with van der Waals surface area (Å²) < 4.78 is 4.59. The number of carbonyl (C=O) groups excluding carboxylic acids is 1. The summed E-state index contributed by atoms with van der Waals surface area (Å²) in [4.78, 5) is 13.0. The van der Waals surface area contributed by atoms with Gasteiger partial charge in [-0.1, -0.05) is 30.0 Å². The highest BCUT2D eigenvalue weighted by Crippen LogP contribution is 2.34. The molecule has 0 radical (unpaired) electrons. The smallest absolute Gasteiger partial charge is 0.337 e. The van der Waals surface area contributed by atoms with Gasteiger partial charge in [0.25, 0.3) is 0 Å². The average Bonchev–Trinajstić information content (AvgIpc) is 2.41. The Morgan fingerprint density at radius 2 is 1.89 bits per heavy atom. The van der Waals surface area contributed by atoms with Crippen LogP contribution < -0.4 is 0 Å². The molecule has 0 saturated carbocycles. The standard InChI is InChI=1S/C14H12O3S/c1-17-14(16)10-7-8-13(12(15)9-10)18-11-5-3-2-4-6-11/h2-9,15H,1H3. The Kier molecular flexibility index (Phi) is 3.89. The van der Waals surface area contributed by atoms with Crippen molar-refractivity contribution in [3.8, 4) is 5.75 Å². The fourth-order valence-electron chi connectivity index (χ4n) is 1.46. The number of phenols is 1. The number of methoxy groups -OCH3 is 1. The minimum Gasteiger partial charge on any atom is -0.507 e. The van der Waals surface area contributed by atoms with E-state index in [0.29, 0.717) is 10.5 Å². The number of carbonyl (C=O) groups is 1. The number of ether oxygens (including phenoxy) is 1. The van der Waals surface area contributed by atoms with Gasteiger partial charge in [0, 0.05) is 4.90 Å². The Bertz CT molecular complexity index is 552. The maximum atomic E-state index is 11.3. The fourth-order valence-corrected chi connectivity index (χ4v) is 2.31. The van der Waals surface area contributed by atoms with Crippen molar-refractivity contribution in [3.05, 3.63) is 54.1 Å². The molecule has 4 heteroatoms. The van der Waals surface area contributed by atoms with Crippen molar-refractivity contribution in [1.82, 2.24) is 0 Å². The van der Waals surface area contributed by atoms with Gasteiger partial charge in [-0.3, -0.25) is 0 Å². The summed E-state index contributed by atoms with van der Waals surface area (Å²) in [5.74, 6) is -0.381. The van der Waals surface area contributed by atoms with Gasteiger partial charge >= 0.3 is 5.97 Å². The number of esters is 1. The second-order valence-corrected chi connectivity index (χ2v) is 4.70. The molecule has 0 atom stereocenters. The van der Waals surface area contributed by atoms with Crippen molar-refractivity contribution in [1.29, 1.82) is 0 Å². The second kappa shape index (κ2) is 5.60. The van der Waals surface area contributed by atoms with Crippen LogP contribution in [-0.2, 0) is 4.74 Å². The van der Waals surface area contributed by atoms with Gasteiger partial charge in [0.1, 0.15) is 5.75 Å². The minimum atomic E-state index is -0.457. The van der Waals surface area contributed by atoms with Gasteiger partial charge in [0.05, 0.1) is 17.6 Å². The zero-order valence-electron chi connectivity index (χ0n) is 9.79. The van der Waals surface area contributed by atoms with Crippen LogP contribution in [0.3, 0.4) is 0 Å². The van der Waals surface area contributed by atoms with Crippen LogP contribution in [0.25, 0.3) is 0 Å². The minimum absolute atomic E-state index is 0.0757. The first kappa shape index (κ1) is 12.5. The van der Waals surface area contributed by atoms with Crippen molar-refractivity contribution >= 4 is 17.7 Å². The number of hydrogen-bond donors (Lipinski definition) is 1. The molecule has 0 aromatic heterocycles. The zero-order chi connectivity index (χ0) is 13.0. The lowest BCUT2D eigenvalue weighted by Crippen LogP contribution is -2.00. The van der Waals surface area contributed by atoms with Gasteiger partial charge in [-0.05, 0) is 30.3 Å². The average molecular weight is 260 g/mol. The van der Waals surface area contributed by atoms with Crippen LogP contribution in [-0.4, -0.2) is 18.2 Å². The van der Waals surface area contributed by atoms with Gasteiger partial charge < -0.3 is 9.84 Å². The lowest BCUT2D eigenvalue weighted by molar-refractivity contribution is 0.0600. The Balaban J connectivity index is 2.23. The number of benzene rings is 2. The number of hydrogen-bond acceptors (Lipinski definition) is 4. The molecule has 1 N–H and O–H groups in total. The molecular formula is C14H12O3S. The molecule has 92 valence electrons. The Morgan fingerprint density at radius 1 is 1.17 bits per heavy atom. The lowest BCUT2D eigenvalue weighted by atomic mass is 10.2. The normalized spacial score (nSPS) is 10.1. The highest BCUT2D eigenvalue weighted by molar-refractivity contribution is 7.99. The summed E-state index contributed by atoms with van der Waals surface area (Å²) in [6, 6.07) is 14.5. The molecule has 0 fully saturated rings. The summed E-state index contributed by atoms with van der Waals surface area (Å²) in [5.41, 5.74) is 0.340. The molecule has 0 spiro atoms. The van der Waals surface area contributed by atoms with E-state index in [1.54, 1.807) is 12.1 Å². The molecular weight excluding hydrogens is 248 g/mol. The van der Waals surface area contributed by atoms with Gasteiger partial charge in [0.2, 0.25) is 0 Å². The molecule has 0 heterocycles. The van der Waals surface area contributed by atoms with Crippen molar-refractivity contribution in [2.24, 2.45) is 0 Å². The van der Waals surface area contributed by atoms with Gasteiger partial charge in [-0.2, -0.15) is 0 Å². The zero-order valence-corrected chi connectivity index (χ0v) is 10.6. The predicted molar refractivity (Wildman–Crippen MR) is 70.0 cm³/mol. The van der Waals surface area contributed by atoms with Crippen molar-refractivity contribution in [2.45, 2.75) is 9.79 Å². The van der Waals surface area contributed by atoms with Crippen molar-refractivity contribution in [2.75, 3.05) is 7.11 Å². The van der Waals surface area contributed by atoms with Gasteiger partial charge in [-0.25, -0.2) is 4.79 Å². The van der Waals surface area contributed by atoms with E-state index in [1.165, 1.54) is 24.9 Å². The number of rotatable bonds is 3. The maximum Gasteiger partial charge on any atom is 0.337 e. The maximum absolute atomic E-state index is 11.3. The Labute approximate surface area is 109 Å². The third kappa shape index (κ3) is 2.84. The summed E-state index contributed by atoms with van der Waals surface area (Å²) in [6.07, 6.45) is 0. The highest BCUT2D eigenvalue weighted by Gasteiger charge is 2.09. The Hall–Kier alpha value is -1.94. The van der Waals surface area contributed by atoms with E-state index < -0.39 is 5.97 Å². The van der Waals surface area contributed by atoms with E-state index in [4.69, 9.17) is 0 Å². The first-order valence-corrected chi connectivity index (χ1v) is 6.16. The fraction of sp³-hybridized carbons (Fsp3) is 0.0714. The first-order valence-electron chi connectivity index (χ1n) is 5.35. The second-order valence-electron chi connectivity index (χ2n) is 3.59. The summed E-state index contributed by atoms with van der Waals surface area (Å²) in [6.45, 7) is 0. The van der Waals surface area contributed by atoms with Crippen LogP contribution in [0, 0.1) is 0 Å². The lowest BCUT2D eigenvalue weighted by Gasteiger charge is -2.06. The van der Waals surface area contributed by atoms with Crippen LogP contribution in [0.5, 0.6) is 5.75 Å². The third-order valence-corrected chi connectivity index (χ3v) is 3.42. The number of aromatic hydroxyl groups is 1. The summed E-state index contributed by atoms with van der Waals surface area (Å²) in [7, 11) is 1.31. The van der Waals surface area contributed by atoms with E-state index in [0.717, 1.165) is 4.90 Å². The molecule has 0 aliphatic heterocycles. The molecule has 0 bridgehead atoms. The summed E-state index contributed by atoms with van der Waals surface area (Å²) >= 11 is 1.44. The highest BCUT2D eigenvalue weighted by atomic mass is 32.2. The van der Waals surface area contributed by atoms with Crippen LogP contribution in [0.1, 0.15) is 10.4 Å². The summed E-state index contributed by atoms with van der Waals surface area (Å²) in [5, 5.41) is 9.87. The molecule has 2 aromatic carbocycles. The molecule has 0 aliphatic rings. The largest absolute Gasteiger partial charge is 0.507 e. The van der Waals surface area contributed by atoms with Gasteiger partial charge in [0.15, 0.2) is 0 Å². The topological polar surface area (TPSA) is 46.5 Å². The molecule has 18 heavy (non-hydrogen) atoms. The van der Waals surface area contributed by atoms with Crippen LogP contribution >= 0.6 is 11.8 Å². The van der Waals surface area contributed by atoms with Crippen LogP contribution in [0.15, 0.2) is 58.3 Å². The van der Waals surface area contributed by atoms with E-state index >= 15 is 0 Å². The quantitative estimate of drug-likeness (QED) is 0.860.